The fraction of sp³-hybridized carbons (Fsp3) is 0.235. The van der Waals surface area contributed by atoms with Gasteiger partial charge in [-0.3, -0.25) is 19.6 Å². The van der Waals surface area contributed by atoms with Crippen LogP contribution < -0.4 is 10.0 Å². The zero-order chi connectivity index (χ0) is 19.9. The number of nitrogens with zero attached hydrogens (tertiary/aromatic N) is 1. The number of nitro groups is 1. The highest BCUT2D eigenvalue weighted by Gasteiger charge is 2.16. The first-order chi connectivity index (χ1) is 12.8. The first kappa shape index (κ1) is 20.3. The molecule has 9 nitrogen and oxygen atoms in total. The SMILES string of the molecule is COCCCNC(=O)c1cccc(NS(=O)(=O)c2ccc([N+](=O)[O-])cc2)c1. The van der Waals surface area contributed by atoms with Crippen LogP contribution in [0.25, 0.3) is 0 Å². The zero-order valence-electron chi connectivity index (χ0n) is 14.5. The predicted octanol–water partition coefficient (Wildman–Crippen LogP) is 2.16. The number of carbonyl (C=O) groups is 1. The number of hydrogen-bond acceptors (Lipinski definition) is 6. The average Bonchev–Trinajstić information content (AvgIpc) is 2.65. The Balaban J connectivity index is 2.10. The summed E-state index contributed by atoms with van der Waals surface area (Å²) in [7, 11) is -2.37. The second kappa shape index (κ2) is 9.10. The summed E-state index contributed by atoms with van der Waals surface area (Å²) >= 11 is 0. The molecule has 0 saturated carbocycles. The Morgan fingerprint density at radius 1 is 1.19 bits per heavy atom. The van der Waals surface area contributed by atoms with Crippen molar-refractivity contribution in [2.24, 2.45) is 0 Å². The minimum atomic E-state index is -3.94. The molecule has 2 rings (SSSR count). The minimum Gasteiger partial charge on any atom is -0.385 e. The summed E-state index contributed by atoms with van der Waals surface area (Å²) in [5, 5.41) is 13.4. The number of nitrogens with one attached hydrogen (secondary N) is 2. The normalized spacial score (nSPS) is 11.0. The highest BCUT2D eigenvalue weighted by atomic mass is 32.2. The lowest BCUT2D eigenvalue weighted by Gasteiger charge is -2.10. The van der Waals surface area contributed by atoms with Crippen molar-refractivity contribution in [2.75, 3.05) is 25.0 Å². The fourth-order valence-electron chi connectivity index (χ4n) is 2.21. The van der Waals surface area contributed by atoms with Gasteiger partial charge in [-0.05, 0) is 36.8 Å². The summed E-state index contributed by atoms with van der Waals surface area (Å²) in [5.74, 6) is -0.331. The molecule has 0 aliphatic rings. The summed E-state index contributed by atoms with van der Waals surface area (Å²) in [6, 6.07) is 10.5. The van der Waals surface area contributed by atoms with E-state index in [1.165, 1.54) is 12.1 Å². The molecule has 0 atom stereocenters. The number of nitro benzene ring substituents is 1. The minimum absolute atomic E-state index is 0.123. The molecule has 0 aliphatic carbocycles. The Kier molecular flexibility index (Phi) is 6.85. The molecule has 2 aromatic rings. The summed E-state index contributed by atoms with van der Waals surface area (Å²) in [4.78, 5) is 22.0. The second-order valence-electron chi connectivity index (χ2n) is 5.54. The Bertz CT molecular complexity index is 913. The van der Waals surface area contributed by atoms with Crippen LogP contribution in [0.15, 0.2) is 53.4 Å². The number of methoxy groups -OCH3 is 1. The van der Waals surface area contributed by atoms with Gasteiger partial charge in [0.1, 0.15) is 0 Å². The lowest BCUT2D eigenvalue weighted by Crippen LogP contribution is -2.25. The molecule has 0 aliphatic heterocycles. The molecule has 1 amide bonds. The van der Waals surface area contributed by atoms with Crippen molar-refractivity contribution < 1.29 is 22.9 Å². The van der Waals surface area contributed by atoms with Crippen LogP contribution in [0.3, 0.4) is 0 Å². The quantitative estimate of drug-likeness (QED) is 0.382. The van der Waals surface area contributed by atoms with Crippen molar-refractivity contribution in [3.8, 4) is 0 Å². The molecular formula is C17H19N3O6S. The van der Waals surface area contributed by atoms with E-state index in [1.807, 2.05) is 0 Å². The number of amides is 1. The van der Waals surface area contributed by atoms with Gasteiger partial charge in [-0.15, -0.1) is 0 Å². The number of hydrogen-bond donors (Lipinski definition) is 2. The highest BCUT2D eigenvalue weighted by molar-refractivity contribution is 7.92. The summed E-state index contributed by atoms with van der Waals surface area (Å²) < 4.78 is 32.1. The molecule has 144 valence electrons. The van der Waals surface area contributed by atoms with Gasteiger partial charge in [0.15, 0.2) is 0 Å². The maximum absolute atomic E-state index is 12.4. The van der Waals surface area contributed by atoms with Gasteiger partial charge >= 0.3 is 0 Å². The van der Waals surface area contributed by atoms with Crippen LogP contribution in [0.1, 0.15) is 16.8 Å². The summed E-state index contributed by atoms with van der Waals surface area (Å²) in [5.41, 5.74) is 0.301. The van der Waals surface area contributed by atoms with Gasteiger partial charge in [0.05, 0.1) is 9.82 Å². The number of benzene rings is 2. The van der Waals surface area contributed by atoms with Gasteiger partial charge < -0.3 is 10.1 Å². The van der Waals surface area contributed by atoms with E-state index in [0.29, 0.717) is 25.1 Å². The van der Waals surface area contributed by atoms with Crippen LogP contribution >= 0.6 is 0 Å². The third-order valence-electron chi connectivity index (χ3n) is 3.55. The van der Waals surface area contributed by atoms with E-state index in [1.54, 1.807) is 19.2 Å². The van der Waals surface area contributed by atoms with Crippen LogP contribution in [-0.2, 0) is 14.8 Å². The van der Waals surface area contributed by atoms with E-state index in [2.05, 4.69) is 10.0 Å². The van der Waals surface area contributed by atoms with E-state index < -0.39 is 14.9 Å². The summed E-state index contributed by atoms with van der Waals surface area (Å²) in [6.45, 7) is 0.959. The van der Waals surface area contributed by atoms with Crippen molar-refractivity contribution in [3.05, 3.63) is 64.2 Å². The van der Waals surface area contributed by atoms with Gasteiger partial charge in [-0.25, -0.2) is 8.42 Å². The first-order valence-corrected chi connectivity index (χ1v) is 9.46. The number of rotatable bonds is 9. The number of non-ortho nitro benzene ring substituents is 1. The maximum atomic E-state index is 12.4. The molecule has 27 heavy (non-hydrogen) atoms. The molecular weight excluding hydrogens is 374 g/mol. The van der Waals surface area contributed by atoms with E-state index in [-0.39, 0.29) is 22.2 Å². The number of carbonyl (C=O) groups excluding carboxylic acids is 1. The Hall–Kier alpha value is -2.98. The van der Waals surface area contributed by atoms with Crippen LogP contribution in [0, 0.1) is 10.1 Å². The molecule has 0 aromatic heterocycles. The monoisotopic (exact) mass is 393 g/mol. The molecule has 0 heterocycles. The average molecular weight is 393 g/mol. The summed E-state index contributed by atoms with van der Waals surface area (Å²) in [6.07, 6.45) is 0.661. The van der Waals surface area contributed by atoms with Gasteiger partial charge in [-0.1, -0.05) is 6.07 Å². The number of sulfonamides is 1. The molecule has 0 saturated heterocycles. The Morgan fingerprint density at radius 3 is 2.52 bits per heavy atom. The van der Waals surface area contributed by atoms with Crippen molar-refractivity contribution >= 4 is 27.3 Å². The molecule has 0 unspecified atom stereocenters. The number of anilines is 1. The third-order valence-corrected chi connectivity index (χ3v) is 4.94. The maximum Gasteiger partial charge on any atom is 0.269 e. The third kappa shape index (κ3) is 5.76. The van der Waals surface area contributed by atoms with Crippen LogP contribution in [-0.4, -0.2) is 39.5 Å². The molecule has 0 radical (unpaired) electrons. The predicted molar refractivity (Wildman–Crippen MR) is 99.2 cm³/mol. The molecule has 0 bridgehead atoms. The van der Waals surface area contributed by atoms with Crippen LogP contribution in [0.4, 0.5) is 11.4 Å². The van der Waals surface area contributed by atoms with E-state index in [9.17, 15) is 23.3 Å². The van der Waals surface area contributed by atoms with Crippen LogP contribution in [0.5, 0.6) is 0 Å². The van der Waals surface area contributed by atoms with Crippen molar-refractivity contribution in [2.45, 2.75) is 11.3 Å². The Labute approximate surface area is 156 Å². The van der Waals surface area contributed by atoms with Crippen molar-refractivity contribution in [1.29, 1.82) is 0 Å². The molecule has 2 N–H and O–H groups in total. The van der Waals surface area contributed by atoms with Gasteiger partial charge in [-0.2, -0.15) is 0 Å². The molecule has 0 fully saturated rings. The lowest BCUT2D eigenvalue weighted by molar-refractivity contribution is -0.384. The van der Waals surface area contributed by atoms with Crippen molar-refractivity contribution in [3.63, 3.8) is 0 Å². The fourth-order valence-corrected chi connectivity index (χ4v) is 3.25. The van der Waals surface area contributed by atoms with Gasteiger partial charge in [0.25, 0.3) is 21.6 Å². The molecule has 10 heteroatoms. The second-order valence-corrected chi connectivity index (χ2v) is 7.22. The Morgan fingerprint density at radius 2 is 1.89 bits per heavy atom. The highest BCUT2D eigenvalue weighted by Crippen LogP contribution is 2.20. The molecule has 0 spiro atoms. The zero-order valence-corrected chi connectivity index (χ0v) is 15.4. The lowest BCUT2D eigenvalue weighted by atomic mass is 10.2. The molecule has 2 aromatic carbocycles. The number of ether oxygens (including phenoxy) is 1. The van der Waals surface area contributed by atoms with Crippen LogP contribution in [0.2, 0.25) is 0 Å². The van der Waals surface area contributed by atoms with Crippen molar-refractivity contribution in [1.82, 2.24) is 5.32 Å². The van der Waals surface area contributed by atoms with Gasteiger partial charge in [0, 0.05) is 43.6 Å². The first-order valence-electron chi connectivity index (χ1n) is 7.98. The smallest absolute Gasteiger partial charge is 0.269 e. The van der Waals surface area contributed by atoms with Gasteiger partial charge in [0.2, 0.25) is 0 Å². The topological polar surface area (TPSA) is 128 Å². The van der Waals surface area contributed by atoms with E-state index >= 15 is 0 Å². The largest absolute Gasteiger partial charge is 0.385 e. The standard InChI is InChI=1S/C17H19N3O6S/c1-26-11-3-10-18-17(21)13-4-2-5-14(12-13)19-27(24,25)16-8-6-15(7-9-16)20(22)23/h2,4-9,12,19H,3,10-11H2,1H3,(H,18,21). The van der Waals surface area contributed by atoms with E-state index in [4.69, 9.17) is 4.74 Å². The van der Waals surface area contributed by atoms with E-state index in [0.717, 1.165) is 24.3 Å².